The molecular formula is C26H39N5O4. The predicted octanol–water partition coefficient (Wildman–Crippen LogP) is 3.05. The summed E-state index contributed by atoms with van der Waals surface area (Å²) in [5.41, 5.74) is 2.08. The van der Waals surface area contributed by atoms with E-state index in [-0.39, 0.29) is 12.0 Å². The van der Waals surface area contributed by atoms with E-state index < -0.39 is 5.60 Å². The van der Waals surface area contributed by atoms with Crippen LogP contribution in [0.2, 0.25) is 0 Å². The Morgan fingerprint density at radius 1 is 1.14 bits per heavy atom. The van der Waals surface area contributed by atoms with Gasteiger partial charge in [0.25, 0.3) is 5.91 Å². The monoisotopic (exact) mass is 485 g/mol. The highest BCUT2D eigenvalue weighted by Crippen LogP contribution is 2.24. The van der Waals surface area contributed by atoms with Crippen molar-refractivity contribution >= 4 is 22.9 Å². The number of piperidine rings is 1. The zero-order valence-corrected chi connectivity index (χ0v) is 21.5. The Morgan fingerprint density at radius 3 is 2.54 bits per heavy atom. The Hall–Kier alpha value is -2.65. The number of carbonyl (C=O) groups excluding carboxylic acids is 2. The fraction of sp³-hybridized carbons (Fsp3) is 0.654. The third kappa shape index (κ3) is 6.73. The molecule has 2 aliphatic rings. The number of rotatable bonds is 6. The minimum atomic E-state index is -0.473. The topological polar surface area (TPSA) is 88.9 Å². The van der Waals surface area contributed by atoms with E-state index in [4.69, 9.17) is 14.6 Å². The molecule has 0 spiro atoms. The van der Waals surface area contributed by atoms with Crippen molar-refractivity contribution in [3.63, 3.8) is 0 Å². The van der Waals surface area contributed by atoms with Gasteiger partial charge in [-0.1, -0.05) is 0 Å². The number of carbonyl (C=O) groups is 2. The molecule has 1 aromatic heterocycles. The van der Waals surface area contributed by atoms with Crippen molar-refractivity contribution in [3.05, 3.63) is 29.5 Å². The Balaban J connectivity index is 1.31. The second kappa shape index (κ2) is 11.0. The van der Waals surface area contributed by atoms with Crippen LogP contribution < -0.4 is 5.32 Å². The first kappa shape index (κ1) is 25.4. The first-order chi connectivity index (χ1) is 16.7. The molecule has 4 rings (SSSR count). The fourth-order valence-electron chi connectivity index (χ4n) is 4.76. The van der Waals surface area contributed by atoms with E-state index in [1.54, 1.807) is 4.90 Å². The summed E-state index contributed by atoms with van der Waals surface area (Å²) in [7, 11) is 0. The van der Waals surface area contributed by atoms with Gasteiger partial charge in [-0.3, -0.25) is 14.4 Å². The summed E-state index contributed by atoms with van der Waals surface area (Å²) < 4.78 is 12.9. The van der Waals surface area contributed by atoms with Gasteiger partial charge in [-0.2, -0.15) is 5.10 Å². The number of benzene rings is 1. The molecule has 35 heavy (non-hydrogen) atoms. The molecule has 2 amide bonds. The average Bonchev–Trinajstić information content (AvgIpc) is 3.23. The number of morpholine rings is 1. The summed E-state index contributed by atoms with van der Waals surface area (Å²) >= 11 is 0. The quantitative estimate of drug-likeness (QED) is 0.677. The molecule has 192 valence electrons. The number of likely N-dealkylation sites (tertiary alicyclic amines) is 1. The van der Waals surface area contributed by atoms with E-state index in [0.717, 1.165) is 68.7 Å². The van der Waals surface area contributed by atoms with Crippen molar-refractivity contribution in [2.24, 2.45) is 5.92 Å². The van der Waals surface area contributed by atoms with Crippen LogP contribution in [0.25, 0.3) is 10.9 Å². The van der Waals surface area contributed by atoms with Gasteiger partial charge in [0.05, 0.1) is 18.7 Å². The van der Waals surface area contributed by atoms with Crippen molar-refractivity contribution in [3.8, 4) is 0 Å². The highest BCUT2D eigenvalue weighted by molar-refractivity contribution is 6.00. The van der Waals surface area contributed by atoms with Crippen molar-refractivity contribution in [1.82, 2.24) is 24.9 Å². The number of hydrogen-bond donors (Lipinski definition) is 1. The first-order valence-corrected chi connectivity index (χ1v) is 12.7. The van der Waals surface area contributed by atoms with Crippen molar-refractivity contribution in [2.75, 3.05) is 52.5 Å². The van der Waals surface area contributed by atoms with Gasteiger partial charge in [-0.05, 0) is 64.2 Å². The molecule has 1 N–H and O–H groups in total. The molecule has 9 nitrogen and oxygen atoms in total. The highest BCUT2D eigenvalue weighted by atomic mass is 16.6. The number of nitrogens with one attached hydrogen (secondary N) is 1. The Labute approximate surface area is 207 Å². The van der Waals surface area contributed by atoms with Gasteiger partial charge in [0.15, 0.2) is 0 Å². The number of ether oxygens (including phenoxy) is 2. The van der Waals surface area contributed by atoms with Gasteiger partial charge in [0.1, 0.15) is 5.60 Å². The number of nitrogens with zero attached hydrogens (tertiary/aromatic N) is 4. The van der Waals surface area contributed by atoms with Crippen LogP contribution in [0, 0.1) is 12.8 Å². The van der Waals surface area contributed by atoms with Crippen LogP contribution in [0.1, 0.15) is 49.5 Å². The number of hydrogen-bond acceptors (Lipinski definition) is 6. The lowest BCUT2D eigenvalue weighted by Crippen LogP contribution is -2.42. The highest BCUT2D eigenvalue weighted by Gasteiger charge is 2.27. The molecular weight excluding hydrogens is 446 g/mol. The third-order valence-electron chi connectivity index (χ3n) is 6.78. The molecule has 2 aromatic rings. The molecule has 0 atom stereocenters. The number of aromatic nitrogens is 2. The smallest absolute Gasteiger partial charge is 0.410 e. The largest absolute Gasteiger partial charge is 0.444 e. The Kier molecular flexibility index (Phi) is 7.96. The lowest BCUT2D eigenvalue weighted by atomic mass is 9.97. The maximum absolute atomic E-state index is 12.8. The van der Waals surface area contributed by atoms with Crippen LogP contribution in [0.5, 0.6) is 0 Å². The van der Waals surface area contributed by atoms with Crippen LogP contribution in [-0.2, 0) is 16.0 Å². The number of fused-ring (bicyclic) bond motifs is 1. The van der Waals surface area contributed by atoms with Crippen LogP contribution in [0.15, 0.2) is 18.3 Å². The minimum absolute atomic E-state index is 0.0417. The molecule has 0 radical (unpaired) electrons. The summed E-state index contributed by atoms with van der Waals surface area (Å²) in [5.74, 6) is 0.409. The van der Waals surface area contributed by atoms with Crippen LogP contribution in [0.3, 0.4) is 0 Å². The van der Waals surface area contributed by atoms with Crippen LogP contribution in [0.4, 0.5) is 4.79 Å². The second-order valence-electron chi connectivity index (χ2n) is 10.6. The summed E-state index contributed by atoms with van der Waals surface area (Å²) in [6.45, 7) is 14.7. The second-order valence-corrected chi connectivity index (χ2v) is 10.6. The van der Waals surface area contributed by atoms with Gasteiger partial charge >= 0.3 is 6.09 Å². The normalized spacial score (nSPS) is 18.1. The maximum Gasteiger partial charge on any atom is 0.410 e. The minimum Gasteiger partial charge on any atom is -0.444 e. The van der Waals surface area contributed by atoms with Gasteiger partial charge in [0.2, 0.25) is 0 Å². The zero-order valence-electron chi connectivity index (χ0n) is 21.5. The molecule has 0 saturated carbocycles. The van der Waals surface area contributed by atoms with Gasteiger partial charge in [-0.15, -0.1) is 0 Å². The van der Waals surface area contributed by atoms with Crippen molar-refractivity contribution in [2.45, 2.75) is 52.7 Å². The molecule has 0 aliphatic carbocycles. The molecule has 3 heterocycles. The predicted molar refractivity (Wildman–Crippen MR) is 135 cm³/mol. The standard InChI is InChI=1S/C26H39N5O4/c1-19-21(24(32)27-9-12-29-13-15-34-16-14-29)5-6-23-22(19)18-31(28-23)17-20-7-10-30(11-8-20)25(33)35-26(2,3)4/h5-6,18,20H,7-17H2,1-4H3,(H,27,32). The van der Waals surface area contributed by atoms with Gasteiger partial charge < -0.3 is 19.7 Å². The Morgan fingerprint density at radius 2 is 1.86 bits per heavy atom. The lowest BCUT2D eigenvalue weighted by molar-refractivity contribution is 0.0177. The maximum atomic E-state index is 12.8. The van der Waals surface area contributed by atoms with E-state index in [9.17, 15) is 9.59 Å². The van der Waals surface area contributed by atoms with Crippen molar-refractivity contribution in [1.29, 1.82) is 0 Å². The zero-order chi connectivity index (χ0) is 25.0. The number of amides is 2. The summed E-state index contributed by atoms with van der Waals surface area (Å²) in [5, 5.41) is 8.83. The van der Waals surface area contributed by atoms with Crippen molar-refractivity contribution < 1.29 is 19.1 Å². The summed E-state index contributed by atoms with van der Waals surface area (Å²) in [6.07, 6.45) is 3.67. The van der Waals surface area contributed by atoms with Crippen LogP contribution in [-0.4, -0.2) is 89.7 Å². The molecule has 0 unspecified atom stereocenters. The Bertz CT molecular complexity index is 1030. The SMILES string of the molecule is Cc1c(C(=O)NCCN2CCOCC2)ccc2nn(CC3CCN(C(=O)OC(C)(C)C)CC3)cc12. The number of aryl methyl sites for hydroxylation is 1. The molecule has 2 saturated heterocycles. The molecule has 1 aromatic carbocycles. The van der Waals surface area contributed by atoms with Crippen LogP contribution >= 0.6 is 0 Å². The van der Waals surface area contributed by atoms with E-state index in [1.165, 1.54) is 0 Å². The lowest BCUT2D eigenvalue weighted by Gasteiger charge is -2.33. The molecule has 9 heteroatoms. The summed E-state index contributed by atoms with van der Waals surface area (Å²) in [4.78, 5) is 29.2. The van der Waals surface area contributed by atoms with E-state index in [0.29, 0.717) is 31.1 Å². The van der Waals surface area contributed by atoms with Gasteiger partial charge in [0, 0.05) is 63.0 Å². The third-order valence-corrected chi connectivity index (χ3v) is 6.78. The molecule has 0 bridgehead atoms. The fourth-order valence-corrected chi connectivity index (χ4v) is 4.76. The summed E-state index contributed by atoms with van der Waals surface area (Å²) in [6, 6.07) is 3.80. The van der Waals surface area contributed by atoms with E-state index >= 15 is 0 Å². The molecule has 2 fully saturated rings. The molecule has 2 aliphatic heterocycles. The van der Waals surface area contributed by atoms with E-state index in [1.807, 2.05) is 44.5 Å². The van der Waals surface area contributed by atoms with E-state index in [2.05, 4.69) is 16.4 Å². The first-order valence-electron chi connectivity index (χ1n) is 12.7. The van der Waals surface area contributed by atoms with Gasteiger partial charge in [-0.25, -0.2) is 4.79 Å². The average molecular weight is 486 g/mol.